The summed E-state index contributed by atoms with van der Waals surface area (Å²) in [6.45, 7) is 11.0. The van der Waals surface area contributed by atoms with Gasteiger partial charge in [0.25, 0.3) is 0 Å². The zero-order valence-corrected chi connectivity index (χ0v) is 16.2. The zero-order chi connectivity index (χ0) is 18.4. The number of aromatic nitrogens is 1. The molecule has 2 aromatic rings. The second kappa shape index (κ2) is 6.58. The molecule has 1 N–H and O–H groups in total. The third kappa shape index (κ3) is 2.59. The fraction of sp³-hybridized carbons (Fsp3) is 0.500. The summed E-state index contributed by atoms with van der Waals surface area (Å²) in [7, 11) is 0. The van der Waals surface area contributed by atoms with Gasteiger partial charge in [0.05, 0.1) is 5.92 Å². The first-order valence-corrected chi connectivity index (χ1v) is 9.90. The quantitative estimate of drug-likeness (QED) is 0.912. The molecule has 1 aliphatic heterocycles. The van der Waals surface area contributed by atoms with Crippen LogP contribution >= 0.6 is 0 Å². The Labute approximate surface area is 155 Å². The first-order chi connectivity index (χ1) is 12.5. The molecule has 0 unspecified atom stereocenters. The molecule has 0 spiro atoms. The van der Waals surface area contributed by atoms with Gasteiger partial charge in [0, 0.05) is 48.8 Å². The summed E-state index contributed by atoms with van der Waals surface area (Å²) in [6.07, 6.45) is 5.46. The zero-order valence-electron chi connectivity index (χ0n) is 16.2. The fourth-order valence-electron chi connectivity index (χ4n) is 4.77. The normalized spacial score (nSPS) is 22.4. The lowest BCUT2D eigenvalue weighted by atomic mass is 9.79. The van der Waals surface area contributed by atoms with Crippen molar-refractivity contribution in [1.82, 2.24) is 14.8 Å². The highest BCUT2D eigenvalue weighted by molar-refractivity contribution is 5.99. The third-order valence-corrected chi connectivity index (χ3v) is 6.11. The maximum Gasteiger partial charge on any atom is 0.230 e. The lowest BCUT2D eigenvalue weighted by molar-refractivity contribution is -0.134. The minimum atomic E-state index is -0.0562. The molecule has 0 fully saturated rings. The van der Waals surface area contributed by atoms with E-state index in [2.05, 4.69) is 68.1 Å². The van der Waals surface area contributed by atoms with Gasteiger partial charge in [-0.15, -0.1) is 0 Å². The molecule has 2 aliphatic rings. The van der Waals surface area contributed by atoms with Gasteiger partial charge in [0.2, 0.25) is 5.91 Å². The molecule has 0 saturated carbocycles. The average Bonchev–Trinajstić information content (AvgIpc) is 3.06. The number of hydrogen-bond donors (Lipinski definition) is 1. The molecule has 26 heavy (non-hydrogen) atoms. The number of fused-ring (bicyclic) bond motifs is 2. The van der Waals surface area contributed by atoms with Gasteiger partial charge in [-0.05, 0) is 56.9 Å². The van der Waals surface area contributed by atoms with Crippen LogP contribution < -0.4 is 0 Å². The molecule has 0 radical (unpaired) electrons. The van der Waals surface area contributed by atoms with Crippen molar-refractivity contribution in [2.45, 2.75) is 46.2 Å². The number of carbonyl (C=O) groups excluding carboxylic acids is 1. The molecule has 1 aromatic carbocycles. The maximum atomic E-state index is 13.1. The van der Waals surface area contributed by atoms with Crippen LogP contribution in [0.5, 0.6) is 0 Å². The van der Waals surface area contributed by atoms with Crippen LogP contribution in [-0.2, 0) is 11.2 Å². The number of benzene rings is 1. The van der Waals surface area contributed by atoms with Crippen LogP contribution in [-0.4, -0.2) is 52.4 Å². The van der Waals surface area contributed by atoms with Crippen molar-refractivity contribution < 1.29 is 4.79 Å². The van der Waals surface area contributed by atoms with E-state index in [9.17, 15) is 4.79 Å². The monoisotopic (exact) mass is 351 g/mol. The Balaban J connectivity index is 1.83. The van der Waals surface area contributed by atoms with E-state index < -0.39 is 0 Å². The van der Waals surface area contributed by atoms with Gasteiger partial charge in [-0.25, -0.2) is 0 Å². The van der Waals surface area contributed by atoms with E-state index in [0.29, 0.717) is 12.1 Å². The van der Waals surface area contributed by atoms with Crippen molar-refractivity contribution in [2.24, 2.45) is 5.92 Å². The van der Waals surface area contributed by atoms with E-state index >= 15 is 0 Å². The average molecular weight is 351 g/mol. The standard InChI is InChI=1S/C22H29N3O/c1-5-24(6-2)22(26)16-10-18-17-8-7-9-19-21(17)15(12-23-19)11-20(18)25(13-16)14(3)4/h7-10,12,14,16,20,23H,5-6,11,13H2,1-4H3/t16-,20-/m1/s1. The summed E-state index contributed by atoms with van der Waals surface area (Å²) in [5.41, 5.74) is 5.24. The highest BCUT2D eigenvalue weighted by Crippen LogP contribution is 2.42. The van der Waals surface area contributed by atoms with Crippen molar-refractivity contribution in [1.29, 1.82) is 0 Å². The Morgan fingerprint density at radius 2 is 2.08 bits per heavy atom. The van der Waals surface area contributed by atoms with Gasteiger partial charge in [-0.2, -0.15) is 0 Å². The van der Waals surface area contributed by atoms with Gasteiger partial charge in [-0.3, -0.25) is 9.69 Å². The summed E-state index contributed by atoms with van der Waals surface area (Å²) in [5, 5.41) is 1.34. The van der Waals surface area contributed by atoms with Crippen LogP contribution in [0.4, 0.5) is 0 Å². The molecule has 1 aromatic heterocycles. The van der Waals surface area contributed by atoms with Gasteiger partial charge >= 0.3 is 0 Å². The van der Waals surface area contributed by atoms with Crippen molar-refractivity contribution in [3.63, 3.8) is 0 Å². The smallest absolute Gasteiger partial charge is 0.230 e. The van der Waals surface area contributed by atoms with Crippen molar-refractivity contribution in [3.8, 4) is 0 Å². The van der Waals surface area contributed by atoms with Crippen LogP contribution in [0.25, 0.3) is 16.5 Å². The number of aromatic amines is 1. The molecular formula is C22H29N3O. The first kappa shape index (κ1) is 17.3. The Bertz CT molecular complexity index is 859. The summed E-state index contributed by atoms with van der Waals surface area (Å²) in [6, 6.07) is 7.27. The molecular weight excluding hydrogens is 322 g/mol. The molecule has 2 heterocycles. The molecule has 0 saturated heterocycles. The SMILES string of the molecule is CCN(CC)C(=O)[C@@H]1C=C2c3cccc4[nH]cc(c34)C[C@H]2N(C(C)C)C1. The van der Waals surface area contributed by atoms with Crippen LogP contribution in [0.1, 0.15) is 38.8 Å². The number of nitrogens with zero attached hydrogens (tertiary/aromatic N) is 2. The summed E-state index contributed by atoms with van der Waals surface area (Å²) in [5.74, 6) is 0.206. The third-order valence-electron chi connectivity index (χ3n) is 6.11. The number of rotatable bonds is 4. The predicted octanol–water partition coefficient (Wildman–Crippen LogP) is 3.68. The van der Waals surface area contributed by atoms with Crippen molar-refractivity contribution >= 4 is 22.4 Å². The molecule has 2 atom stereocenters. The van der Waals surface area contributed by atoms with Crippen LogP contribution in [0.15, 0.2) is 30.5 Å². The Morgan fingerprint density at radius 1 is 1.31 bits per heavy atom. The van der Waals surface area contributed by atoms with Crippen molar-refractivity contribution in [2.75, 3.05) is 19.6 Å². The molecule has 0 bridgehead atoms. The fourth-order valence-corrected chi connectivity index (χ4v) is 4.77. The van der Waals surface area contributed by atoms with Gasteiger partial charge in [0.15, 0.2) is 0 Å². The number of nitrogens with one attached hydrogen (secondary N) is 1. The largest absolute Gasteiger partial charge is 0.361 e. The van der Waals surface area contributed by atoms with Gasteiger partial charge in [0.1, 0.15) is 0 Å². The predicted molar refractivity (Wildman–Crippen MR) is 107 cm³/mol. The van der Waals surface area contributed by atoms with E-state index in [1.807, 2.05) is 4.90 Å². The second-order valence-corrected chi connectivity index (χ2v) is 7.79. The van der Waals surface area contributed by atoms with E-state index in [0.717, 1.165) is 26.1 Å². The summed E-state index contributed by atoms with van der Waals surface area (Å²) in [4.78, 5) is 21.0. The Kier molecular flexibility index (Phi) is 4.39. The van der Waals surface area contributed by atoms with E-state index in [4.69, 9.17) is 0 Å². The molecule has 4 rings (SSSR count). The van der Waals surface area contributed by atoms with Gasteiger partial charge < -0.3 is 9.88 Å². The van der Waals surface area contributed by atoms with Gasteiger partial charge in [-0.1, -0.05) is 18.2 Å². The number of H-pyrrole nitrogens is 1. The minimum absolute atomic E-state index is 0.0562. The van der Waals surface area contributed by atoms with Crippen molar-refractivity contribution in [3.05, 3.63) is 41.6 Å². The van der Waals surface area contributed by atoms with Crippen LogP contribution in [0.3, 0.4) is 0 Å². The minimum Gasteiger partial charge on any atom is -0.361 e. The lowest BCUT2D eigenvalue weighted by Gasteiger charge is -2.44. The molecule has 4 nitrogen and oxygen atoms in total. The summed E-state index contributed by atoms with van der Waals surface area (Å²) >= 11 is 0. The Morgan fingerprint density at radius 3 is 2.77 bits per heavy atom. The molecule has 1 amide bonds. The lowest BCUT2D eigenvalue weighted by Crippen LogP contribution is -2.51. The second-order valence-electron chi connectivity index (χ2n) is 7.79. The first-order valence-electron chi connectivity index (χ1n) is 9.90. The summed E-state index contributed by atoms with van der Waals surface area (Å²) < 4.78 is 0. The van der Waals surface area contributed by atoms with Crippen LogP contribution in [0.2, 0.25) is 0 Å². The molecule has 1 aliphatic carbocycles. The number of carbonyl (C=O) groups is 1. The number of hydrogen-bond acceptors (Lipinski definition) is 2. The van der Waals surface area contributed by atoms with Crippen LogP contribution in [0, 0.1) is 5.92 Å². The number of amides is 1. The Hall–Kier alpha value is -2.07. The molecule has 138 valence electrons. The van der Waals surface area contributed by atoms with E-state index in [-0.39, 0.29) is 11.8 Å². The topological polar surface area (TPSA) is 39.3 Å². The van der Waals surface area contributed by atoms with E-state index in [1.165, 1.54) is 27.6 Å². The van der Waals surface area contributed by atoms with E-state index in [1.54, 1.807) is 0 Å². The highest BCUT2D eigenvalue weighted by Gasteiger charge is 2.38. The maximum absolute atomic E-state index is 13.1. The molecule has 4 heteroatoms. The highest BCUT2D eigenvalue weighted by atomic mass is 16.2.